The number of aromatic nitrogens is 2. The van der Waals surface area contributed by atoms with Crippen molar-refractivity contribution in [2.45, 2.75) is 71.8 Å². The molecule has 1 aromatic heterocycles. The number of fused-ring (bicyclic) bond motifs is 1. The molecule has 182 valence electrons. The molecule has 0 spiro atoms. The van der Waals surface area contributed by atoms with E-state index in [0.29, 0.717) is 41.1 Å². The predicted octanol–water partition coefficient (Wildman–Crippen LogP) is 6.05. The van der Waals surface area contributed by atoms with Crippen LogP contribution >= 0.6 is 0 Å². The summed E-state index contributed by atoms with van der Waals surface area (Å²) in [6.07, 6.45) is 6.57. The number of methoxy groups -OCH3 is 1. The van der Waals surface area contributed by atoms with E-state index in [1.165, 1.54) is 0 Å². The van der Waals surface area contributed by atoms with Gasteiger partial charge in [-0.05, 0) is 56.2 Å². The molecule has 2 aromatic carbocycles. The molecular weight excluding hydrogens is 426 g/mol. The maximum Gasteiger partial charge on any atom is 0.266 e. The van der Waals surface area contributed by atoms with Gasteiger partial charge in [0.05, 0.1) is 29.7 Å². The fourth-order valence-electron chi connectivity index (χ4n) is 4.29. The third-order valence-corrected chi connectivity index (χ3v) is 6.29. The Labute approximate surface area is 202 Å². The second kappa shape index (κ2) is 12.4. The van der Waals surface area contributed by atoms with E-state index in [1.807, 2.05) is 54.3 Å². The quantitative estimate of drug-likeness (QED) is 0.307. The first-order valence-electron chi connectivity index (χ1n) is 12.5. The molecule has 0 saturated heterocycles. The van der Waals surface area contributed by atoms with Gasteiger partial charge in [-0.15, -0.1) is 0 Å². The van der Waals surface area contributed by atoms with Gasteiger partial charge in [-0.2, -0.15) is 0 Å². The van der Waals surface area contributed by atoms with Gasteiger partial charge in [-0.1, -0.05) is 51.7 Å². The van der Waals surface area contributed by atoms with Gasteiger partial charge in [-0.25, -0.2) is 4.98 Å². The zero-order valence-corrected chi connectivity index (χ0v) is 20.9. The van der Waals surface area contributed by atoms with Crippen molar-refractivity contribution in [2.75, 3.05) is 13.7 Å². The molecule has 1 amide bonds. The third kappa shape index (κ3) is 5.85. The molecule has 0 N–H and O–H groups in total. The Morgan fingerprint density at radius 2 is 1.68 bits per heavy atom. The minimum Gasteiger partial charge on any atom is -0.497 e. The fraction of sp³-hybridized carbons (Fsp3) is 0.464. The van der Waals surface area contributed by atoms with Crippen LogP contribution in [0.3, 0.4) is 0 Å². The van der Waals surface area contributed by atoms with Crippen LogP contribution in [0.1, 0.15) is 77.6 Å². The predicted molar refractivity (Wildman–Crippen MR) is 138 cm³/mol. The van der Waals surface area contributed by atoms with Gasteiger partial charge in [0.2, 0.25) is 5.91 Å². The summed E-state index contributed by atoms with van der Waals surface area (Å²) in [4.78, 5) is 33.8. The van der Waals surface area contributed by atoms with Gasteiger partial charge in [0.25, 0.3) is 5.56 Å². The number of hydrogen-bond donors (Lipinski definition) is 0. The van der Waals surface area contributed by atoms with Crippen LogP contribution < -0.4 is 10.3 Å². The molecule has 3 aromatic rings. The summed E-state index contributed by atoms with van der Waals surface area (Å²) in [5.41, 5.74) is 1.22. The summed E-state index contributed by atoms with van der Waals surface area (Å²) in [5, 5.41) is 0.557. The smallest absolute Gasteiger partial charge is 0.266 e. The molecular formula is C28H37N3O3. The Balaban J connectivity index is 2.11. The number of benzene rings is 2. The number of amides is 1. The largest absolute Gasteiger partial charge is 0.497 e. The number of ether oxygens (including phenoxy) is 1. The van der Waals surface area contributed by atoms with Crippen molar-refractivity contribution in [2.24, 2.45) is 0 Å². The van der Waals surface area contributed by atoms with Crippen molar-refractivity contribution in [3.8, 4) is 11.4 Å². The number of carbonyl (C=O) groups is 1. The Morgan fingerprint density at radius 3 is 2.35 bits per heavy atom. The summed E-state index contributed by atoms with van der Waals surface area (Å²) >= 11 is 0. The number of rotatable bonds is 12. The Morgan fingerprint density at radius 1 is 1.00 bits per heavy atom. The number of hydrogen-bond acceptors (Lipinski definition) is 4. The van der Waals surface area contributed by atoms with E-state index in [0.717, 1.165) is 38.5 Å². The molecule has 0 radical (unpaired) electrons. The van der Waals surface area contributed by atoms with Crippen molar-refractivity contribution >= 4 is 16.8 Å². The SMILES string of the molecule is CCCCCC(=O)N(CCCCC)C(C)c1nc2ccccc2c(=O)n1-c1ccc(OC)cc1. The van der Waals surface area contributed by atoms with Crippen molar-refractivity contribution in [3.63, 3.8) is 0 Å². The van der Waals surface area contributed by atoms with E-state index in [-0.39, 0.29) is 17.5 Å². The summed E-state index contributed by atoms with van der Waals surface area (Å²) in [7, 11) is 1.62. The number of nitrogens with zero attached hydrogens (tertiary/aromatic N) is 3. The van der Waals surface area contributed by atoms with Gasteiger partial charge in [0.1, 0.15) is 11.6 Å². The fourth-order valence-corrected chi connectivity index (χ4v) is 4.29. The lowest BCUT2D eigenvalue weighted by molar-refractivity contribution is -0.133. The van der Waals surface area contributed by atoms with E-state index in [2.05, 4.69) is 13.8 Å². The minimum absolute atomic E-state index is 0.126. The van der Waals surface area contributed by atoms with Crippen LogP contribution in [-0.2, 0) is 4.79 Å². The molecule has 0 saturated carbocycles. The zero-order chi connectivity index (χ0) is 24.5. The molecule has 6 nitrogen and oxygen atoms in total. The first-order valence-corrected chi connectivity index (χ1v) is 12.5. The van der Waals surface area contributed by atoms with Crippen molar-refractivity contribution in [1.29, 1.82) is 0 Å². The van der Waals surface area contributed by atoms with E-state index in [9.17, 15) is 9.59 Å². The molecule has 0 bridgehead atoms. The van der Waals surface area contributed by atoms with Crippen LogP contribution in [0, 0.1) is 0 Å². The second-order valence-corrected chi connectivity index (χ2v) is 8.75. The van der Waals surface area contributed by atoms with Gasteiger partial charge in [0, 0.05) is 13.0 Å². The first kappa shape index (κ1) is 25.5. The highest BCUT2D eigenvalue weighted by molar-refractivity contribution is 5.79. The van der Waals surface area contributed by atoms with E-state index < -0.39 is 0 Å². The minimum atomic E-state index is -0.342. The van der Waals surface area contributed by atoms with Crippen molar-refractivity contribution < 1.29 is 9.53 Å². The van der Waals surface area contributed by atoms with Gasteiger partial charge in [0.15, 0.2) is 0 Å². The molecule has 0 aliphatic carbocycles. The molecule has 3 rings (SSSR count). The normalized spacial score (nSPS) is 12.0. The van der Waals surface area contributed by atoms with Crippen molar-refractivity contribution in [1.82, 2.24) is 14.5 Å². The maximum atomic E-state index is 13.7. The van der Waals surface area contributed by atoms with Gasteiger partial charge >= 0.3 is 0 Å². The average Bonchev–Trinajstić information content (AvgIpc) is 2.86. The van der Waals surface area contributed by atoms with Gasteiger partial charge < -0.3 is 9.64 Å². The number of carbonyl (C=O) groups excluding carboxylic acids is 1. The van der Waals surface area contributed by atoms with Crippen LogP contribution in [0.25, 0.3) is 16.6 Å². The zero-order valence-electron chi connectivity index (χ0n) is 20.9. The third-order valence-electron chi connectivity index (χ3n) is 6.29. The maximum absolute atomic E-state index is 13.7. The Hall–Kier alpha value is -3.15. The highest BCUT2D eigenvalue weighted by atomic mass is 16.5. The van der Waals surface area contributed by atoms with Crippen LogP contribution in [-0.4, -0.2) is 34.0 Å². The summed E-state index contributed by atoms with van der Waals surface area (Å²) in [6.45, 7) is 6.94. The molecule has 1 atom stereocenters. The standard InChI is InChI=1S/C28H37N3O3/c1-5-7-9-15-26(32)30(20-12-8-6-2)21(3)27-29-25-14-11-10-13-24(25)28(33)31(27)22-16-18-23(34-4)19-17-22/h10-11,13-14,16-19,21H,5-9,12,15,20H2,1-4H3. The van der Waals surface area contributed by atoms with E-state index in [1.54, 1.807) is 17.7 Å². The molecule has 34 heavy (non-hydrogen) atoms. The summed E-state index contributed by atoms with van der Waals surface area (Å²) in [6, 6.07) is 14.4. The Kier molecular flexibility index (Phi) is 9.25. The summed E-state index contributed by atoms with van der Waals surface area (Å²) < 4.78 is 6.95. The average molecular weight is 464 g/mol. The van der Waals surface area contributed by atoms with Crippen molar-refractivity contribution in [3.05, 3.63) is 64.7 Å². The number of para-hydroxylation sites is 1. The Bertz CT molecular complexity index is 1140. The highest BCUT2D eigenvalue weighted by Crippen LogP contribution is 2.25. The number of unbranched alkanes of at least 4 members (excludes halogenated alkanes) is 4. The molecule has 0 fully saturated rings. The second-order valence-electron chi connectivity index (χ2n) is 8.75. The lowest BCUT2D eigenvalue weighted by Gasteiger charge is -2.31. The summed E-state index contributed by atoms with van der Waals surface area (Å²) in [5.74, 6) is 1.42. The van der Waals surface area contributed by atoms with Crippen LogP contribution in [0.15, 0.2) is 53.3 Å². The lowest BCUT2D eigenvalue weighted by atomic mass is 10.1. The monoisotopic (exact) mass is 463 g/mol. The van der Waals surface area contributed by atoms with Crippen LogP contribution in [0.4, 0.5) is 0 Å². The molecule has 1 heterocycles. The van der Waals surface area contributed by atoms with Crippen LogP contribution in [0.5, 0.6) is 5.75 Å². The van der Waals surface area contributed by atoms with E-state index in [4.69, 9.17) is 9.72 Å². The van der Waals surface area contributed by atoms with E-state index >= 15 is 0 Å². The lowest BCUT2D eigenvalue weighted by Crippen LogP contribution is -2.38. The molecule has 0 aliphatic heterocycles. The molecule has 1 unspecified atom stereocenters. The first-order chi connectivity index (χ1) is 16.5. The van der Waals surface area contributed by atoms with Gasteiger partial charge in [-0.3, -0.25) is 14.2 Å². The topological polar surface area (TPSA) is 64.4 Å². The molecule has 0 aliphatic rings. The molecule has 6 heteroatoms. The highest BCUT2D eigenvalue weighted by Gasteiger charge is 2.26. The van der Waals surface area contributed by atoms with Crippen LogP contribution in [0.2, 0.25) is 0 Å².